The lowest BCUT2D eigenvalue weighted by Gasteiger charge is -2.10. The lowest BCUT2D eigenvalue weighted by molar-refractivity contribution is 0.0329. The van der Waals surface area contributed by atoms with Crippen LogP contribution in [0.25, 0.3) is 0 Å². The highest BCUT2D eigenvalue weighted by molar-refractivity contribution is 9.10. The zero-order valence-electron chi connectivity index (χ0n) is 9.15. The molecule has 0 aromatic heterocycles. The molecule has 0 saturated carbocycles. The molecule has 1 rings (SSSR count). The number of rotatable bonds is 6. The van der Waals surface area contributed by atoms with Crippen molar-refractivity contribution in [1.29, 1.82) is 0 Å². The minimum atomic E-state index is -0.596. The Hall–Kier alpha value is -0.620. The van der Waals surface area contributed by atoms with E-state index in [9.17, 15) is 5.11 Å². The van der Waals surface area contributed by atoms with Crippen molar-refractivity contribution >= 4 is 15.9 Å². The zero-order chi connectivity index (χ0) is 12.0. The van der Waals surface area contributed by atoms with E-state index in [1.165, 1.54) is 0 Å². The Balaban J connectivity index is 2.46. The molecule has 1 aromatic rings. The maximum absolute atomic E-state index is 9.19. The first kappa shape index (κ1) is 13.4. The maximum Gasteiger partial charge on any atom is 0.133 e. The van der Waals surface area contributed by atoms with Gasteiger partial charge in [0.15, 0.2) is 0 Å². The fourth-order valence-corrected chi connectivity index (χ4v) is 1.77. The van der Waals surface area contributed by atoms with Crippen molar-refractivity contribution in [3.63, 3.8) is 0 Å². The maximum atomic E-state index is 9.19. The first-order valence-corrected chi connectivity index (χ1v) is 5.75. The van der Waals surface area contributed by atoms with Crippen molar-refractivity contribution in [2.45, 2.75) is 12.7 Å². The molecule has 0 aliphatic carbocycles. The first-order chi connectivity index (χ1) is 7.67. The fourth-order valence-electron chi connectivity index (χ4n) is 1.18. The van der Waals surface area contributed by atoms with E-state index in [1.807, 2.05) is 18.2 Å². The molecule has 0 aliphatic heterocycles. The lowest BCUT2D eigenvalue weighted by atomic mass is 10.2. The van der Waals surface area contributed by atoms with Gasteiger partial charge in [0.1, 0.15) is 5.75 Å². The van der Waals surface area contributed by atoms with Crippen molar-refractivity contribution in [3.05, 3.63) is 28.2 Å². The Kier molecular flexibility index (Phi) is 5.76. The van der Waals surface area contributed by atoms with Crippen molar-refractivity contribution < 1.29 is 14.6 Å². The van der Waals surface area contributed by atoms with Gasteiger partial charge in [0.2, 0.25) is 0 Å². The first-order valence-electron chi connectivity index (χ1n) is 4.95. The van der Waals surface area contributed by atoms with Gasteiger partial charge in [-0.1, -0.05) is 6.07 Å². The van der Waals surface area contributed by atoms with Crippen LogP contribution in [0.2, 0.25) is 0 Å². The van der Waals surface area contributed by atoms with E-state index in [-0.39, 0.29) is 13.2 Å². The summed E-state index contributed by atoms with van der Waals surface area (Å²) in [5, 5.41) is 9.19. The van der Waals surface area contributed by atoms with Gasteiger partial charge >= 0.3 is 0 Å². The van der Waals surface area contributed by atoms with Crippen LogP contribution in [0.4, 0.5) is 0 Å². The number of aliphatic hydroxyl groups is 1. The van der Waals surface area contributed by atoms with Crippen LogP contribution >= 0.6 is 15.9 Å². The predicted octanol–water partition coefficient (Wildman–Crippen LogP) is 1.29. The second-order valence-corrected chi connectivity index (χ2v) is 4.23. The predicted molar refractivity (Wildman–Crippen MR) is 65.4 cm³/mol. The number of ether oxygens (including phenoxy) is 2. The number of nitrogens with two attached hydrogens (primary N) is 1. The summed E-state index contributed by atoms with van der Waals surface area (Å²) in [6, 6.07) is 5.70. The highest BCUT2D eigenvalue weighted by Gasteiger charge is 2.03. The number of hydrogen-bond acceptors (Lipinski definition) is 4. The van der Waals surface area contributed by atoms with Gasteiger partial charge in [0, 0.05) is 6.54 Å². The Morgan fingerprint density at radius 2 is 2.25 bits per heavy atom. The number of halogens is 1. The van der Waals surface area contributed by atoms with Gasteiger partial charge in [-0.2, -0.15) is 0 Å². The lowest BCUT2D eigenvalue weighted by Crippen LogP contribution is -2.24. The van der Waals surface area contributed by atoms with Crippen LogP contribution in [0.5, 0.6) is 5.75 Å². The molecule has 4 nitrogen and oxygen atoms in total. The molecular formula is C11H16BrNO3. The van der Waals surface area contributed by atoms with E-state index in [1.54, 1.807) is 7.11 Å². The van der Waals surface area contributed by atoms with Gasteiger partial charge in [0.05, 0.1) is 30.9 Å². The number of methoxy groups -OCH3 is 1. The van der Waals surface area contributed by atoms with Crippen LogP contribution in [0.1, 0.15) is 5.56 Å². The highest BCUT2D eigenvalue weighted by Crippen LogP contribution is 2.25. The molecule has 0 aliphatic rings. The number of hydrogen-bond donors (Lipinski definition) is 2. The molecule has 0 radical (unpaired) electrons. The molecule has 0 amide bonds. The molecule has 0 unspecified atom stereocenters. The standard InChI is InChI=1S/C11H16BrNO3/c1-15-11-3-2-8(4-10(11)12)6-16-7-9(14)5-13/h2-4,9,14H,5-7,13H2,1H3/t9-/m0/s1. The molecule has 0 saturated heterocycles. The van der Waals surface area contributed by atoms with Gasteiger partial charge in [-0.25, -0.2) is 0 Å². The topological polar surface area (TPSA) is 64.7 Å². The third-order valence-electron chi connectivity index (χ3n) is 2.07. The smallest absolute Gasteiger partial charge is 0.133 e. The Labute approximate surface area is 103 Å². The molecule has 0 fully saturated rings. The monoisotopic (exact) mass is 289 g/mol. The molecule has 0 bridgehead atoms. The summed E-state index contributed by atoms with van der Waals surface area (Å²) in [5.41, 5.74) is 6.27. The quantitative estimate of drug-likeness (QED) is 0.828. The van der Waals surface area contributed by atoms with Gasteiger partial charge in [-0.05, 0) is 33.6 Å². The Bertz CT molecular complexity index is 333. The van der Waals surface area contributed by atoms with Crippen molar-refractivity contribution in [2.75, 3.05) is 20.3 Å². The minimum Gasteiger partial charge on any atom is -0.496 e. The molecule has 1 aromatic carbocycles. The SMILES string of the molecule is COc1ccc(COC[C@@H](O)CN)cc1Br. The average molecular weight is 290 g/mol. The average Bonchev–Trinajstić information content (AvgIpc) is 2.29. The molecule has 0 spiro atoms. The summed E-state index contributed by atoms with van der Waals surface area (Å²) in [6.07, 6.45) is -0.596. The van der Waals surface area contributed by atoms with Crippen LogP contribution < -0.4 is 10.5 Å². The van der Waals surface area contributed by atoms with Gasteiger partial charge in [-0.3, -0.25) is 0 Å². The fraction of sp³-hybridized carbons (Fsp3) is 0.455. The minimum absolute atomic E-state index is 0.215. The van der Waals surface area contributed by atoms with E-state index in [4.69, 9.17) is 15.2 Å². The summed E-state index contributed by atoms with van der Waals surface area (Å²) in [4.78, 5) is 0. The molecule has 0 heterocycles. The number of benzene rings is 1. The van der Waals surface area contributed by atoms with Gasteiger partial charge in [-0.15, -0.1) is 0 Å². The van der Waals surface area contributed by atoms with Crippen LogP contribution in [0.15, 0.2) is 22.7 Å². The van der Waals surface area contributed by atoms with Crippen molar-refractivity contribution in [3.8, 4) is 5.75 Å². The van der Waals surface area contributed by atoms with Gasteiger partial charge in [0.25, 0.3) is 0 Å². The molecule has 5 heteroatoms. The molecule has 90 valence electrons. The van der Waals surface area contributed by atoms with Crippen LogP contribution in [-0.2, 0) is 11.3 Å². The van der Waals surface area contributed by atoms with Crippen LogP contribution in [0.3, 0.4) is 0 Å². The number of aliphatic hydroxyl groups excluding tert-OH is 1. The summed E-state index contributed by atoms with van der Waals surface area (Å²) in [6.45, 7) is 0.909. The Morgan fingerprint density at radius 1 is 1.50 bits per heavy atom. The van der Waals surface area contributed by atoms with E-state index in [2.05, 4.69) is 15.9 Å². The second kappa shape index (κ2) is 6.85. The van der Waals surface area contributed by atoms with Crippen LogP contribution in [0, 0.1) is 0 Å². The summed E-state index contributed by atoms with van der Waals surface area (Å²) in [7, 11) is 1.62. The highest BCUT2D eigenvalue weighted by atomic mass is 79.9. The van der Waals surface area contributed by atoms with Crippen molar-refractivity contribution in [1.82, 2.24) is 0 Å². The Morgan fingerprint density at radius 3 is 2.81 bits per heavy atom. The van der Waals surface area contributed by atoms with E-state index in [0.717, 1.165) is 15.8 Å². The normalized spacial score (nSPS) is 12.5. The summed E-state index contributed by atoms with van der Waals surface area (Å²) < 4.78 is 11.3. The van der Waals surface area contributed by atoms with E-state index >= 15 is 0 Å². The second-order valence-electron chi connectivity index (χ2n) is 3.37. The largest absolute Gasteiger partial charge is 0.496 e. The van der Waals surface area contributed by atoms with Gasteiger partial charge < -0.3 is 20.3 Å². The van der Waals surface area contributed by atoms with Crippen LogP contribution in [-0.4, -0.2) is 31.5 Å². The van der Waals surface area contributed by atoms with Crippen molar-refractivity contribution in [2.24, 2.45) is 5.73 Å². The summed E-state index contributed by atoms with van der Waals surface area (Å²) >= 11 is 3.39. The summed E-state index contributed by atoms with van der Waals surface area (Å²) in [5.74, 6) is 0.783. The van der Waals surface area contributed by atoms with E-state index < -0.39 is 6.10 Å². The molecular weight excluding hydrogens is 274 g/mol. The third kappa shape index (κ3) is 4.09. The molecule has 16 heavy (non-hydrogen) atoms. The van der Waals surface area contributed by atoms with E-state index in [0.29, 0.717) is 6.61 Å². The zero-order valence-corrected chi connectivity index (χ0v) is 10.7. The molecule has 1 atom stereocenters. The molecule has 3 N–H and O–H groups in total. The third-order valence-corrected chi connectivity index (χ3v) is 2.69.